The Morgan fingerprint density at radius 3 is 2.20 bits per heavy atom. The molecule has 30 heavy (non-hydrogen) atoms. The van der Waals surface area contributed by atoms with Crippen LogP contribution in [-0.2, 0) is 21.4 Å². The molecule has 0 aromatic heterocycles. The van der Waals surface area contributed by atoms with Crippen molar-refractivity contribution in [3.63, 3.8) is 0 Å². The van der Waals surface area contributed by atoms with E-state index in [0.717, 1.165) is 31.2 Å². The number of likely N-dealkylation sites (tertiary alicyclic amines) is 1. The van der Waals surface area contributed by atoms with Gasteiger partial charge in [0.1, 0.15) is 5.75 Å². The fourth-order valence-corrected chi connectivity index (χ4v) is 4.99. The van der Waals surface area contributed by atoms with Gasteiger partial charge in [-0.05, 0) is 49.6 Å². The Labute approximate surface area is 179 Å². The molecule has 0 atom stereocenters. The molecule has 162 valence electrons. The second-order valence-corrected chi connectivity index (χ2v) is 9.40. The summed E-state index contributed by atoms with van der Waals surface area (Å²) < 4.78 is 33.5. The summed E-state index contributed by atoms with van der Waals surface area (Å²) in [7, 11) is -3.84. The highest BCUT2D eigenvalue weighted by molar-refractivity contribution is 7.89. The van der Waals surface area contributed by atoms with Gasteiger partial charge in [-0.2, -0.15) is 4.31 Å². The van der Waals surface area contributed by atoms with E-state index in [0.29, 0.717) is 25.4 Å². The van der Waals surface area contributed by atoms with Crippen LogP contribution in [0.15, 0.2) is 59.5 Å². The fraction of sp³-hybridized carbons (Fsp3) is 0.435. The van der Waals surface area contributed by atoms with E-state index in [9.17, 15) is 13.2 Å². The van der Waals surface area contributed by atoms with Crippen molar-refractivity contribution in [3.8, 4) is 5.75 Å². The number of amides is 1. The second-order valence-electron chi connectivity index (χ2n) is 7.46. The molecule has 0 spiro atoms. The van der Waals surface area contributed by atoms with Crippen LogP contribution >= 0.6 is 0 Å². The van der Waals surface area contributed by atoms with E-state index >= 15 is 0 Å². The molecule has 0 aliphatic carbocycles. The molecule has 0 N–H and O–H groups in total. The summed E-state index contributed by atoms with van der Waals surface area (Å²) >= 11 is 0. The third-order valence-electron chi connectivity index (χ3n) is 5.24. The minimum absolute atomic E-state index is 0.137. The number of sulfonamides is 1. The highest BCUT2D eigenvalue weighted by atomic mass is 32.2. The molecule has 6 nitrogen and oxygen atoms in total. The lowest BCUT2D eigenvalue weighted by Gasteiger charge is -2.26. The van der Waals surface area contributed by atoms with Gasteiger partial charge in [-0.3, -0.25) is 4.79 Å². The molecule has 1 fully saturated rings. The molecular weight excluding hydrogens is 400 g/mol. The van der Waals surface area contributed by atoms with E-state index in [4.69, 9.17) is 4.74 Å². The van der Waals surface area contributed by atoms with Crippen LogP contribution in [0, 0.1) is 0 Å². The molecule has 0 radical (unpaired) electrons. The zero-order valence-corrected chi connectivity index (χ0v) is 18.3. The lowest BCUT2D eigenvalue weighted by molar-refractivity contribution is -0.131. The average Bonchev–Trinajstić information content (AvgIpc) is 3.04. The van der Waals surface area contributed by atoms with E-state index in [1.165, 1.54) is 16.4 Å². The van der Waals surface area contributed by atoms with Gasteiger partial charge in [-0.1, -0.05) is 43.2 Å². The van der Waals surface area contributed by atoms with E-state index in [2.05, 4.69) is 0 Å². The molecule has 7 heteroatoms. The van der Waals surface area contributed by atoms with Crippen LogP contribution in [0.2, 0.25) is 0 Å². The van der Waals surface area contributed by atoms with Crippen LogP contribution in [0.25, 0.3) is 0 Å². The summed E-state index contributed by atoms with van der Waals surface area (Å²) in [4.78, 5) is 14.9. The number of benzene rings is 2. The summed E-state index contributed by atoms with van der Waals surface area (Å²) in [6.45, 7) is 3.76. The predicted octanol–water partition coefficient (Wildman–Crippen LogP) is 3.68. The average molecular weight is 431 g/mol. The van der Waals surface area contributed by atoms with Crippen molar-refractivity contribution in [2.75, 3.05) is 26.2 Å². The topological polar surface area (TPSA) is 66.9 Å². The molecule has 1 aliphatic heterocycles. The number of carbonyl (C=O) groups excluding carboxylic acids is 1. The standard InChI is InChI=1S/C23H30N2O4S/c1-2-29-21-12-14-22(15-13-21)30(27,28)25(18-20-10-6-5-7-11-20)19-23(26)24-16-8-3-4-9-17-24/h5-7,10-15H,2-4,8-9,16-19H2,1H3. The lowest BCUT2D eigenvalue weighted by atomic mass is 10.2. The Balaban J connectivity index is 1.84. The van der Waals surface area contributed by atoms with Crippen LogP contribution in [0.3, 0.4) is 0 Å². The summed E-state index contributed by atoms with van der Waals surface area (Å²) in [6.07, 6.45) is 4.16. The van der Waals surface area contributed by atoms with Crippen molar-refractivity contribution in [1.29, 1.82) is 0 Å². The first-order valence-electron chi connectivity index (χ1n) is 10.6. The van der Waals surface area contributed by atoms with Crippen molar-refractivity contribution >= 4 is 15.9 Å². The van der Waals surface area contributed by atoms with Crippen molar-refractivity contribution in [3.05, 3.63) is 60.2 Å². The number of ether oxygens (including phenoxy) is 1. The van der Waals surface area contributed by atoms with Crippen LogP contribution < -0.4 is 4.74 Å². The molecule has 1 saturated heterocycles. The maximum Gasteiger partial charge on any atom is 0.243 e. The van der Waals surface area contributed by atoms with E-state index in [-0.39, 0.29) is 23.9 Å². The molecule has 0 unspecified atom stereocenters. The van der Waals surface area contributed by atoms with Crippen molar-refractivity contribution in [2.24, 2.45) is 0 Å². The monoisotopic (exact) mass is 430 g/mol. The van der Waals surface area contributed by atoms with Crippen molar-refractivity contribution in [2.45, 2.75) is 44.0 Å². The molecule has 1 heterocycles. The summed E-state index contributed by atoms with van der Waals surface area (Å²) in [6, 6.07) is 15.7. The minimum Gasteiger partial charge on any atom is -0.494 e. The summed E-state index contributed by atoms with van der Waals surface area (Å²) in [5.41, 5.74) is 0.843. The Kier molecular flexibility index (Phi) is 7.87. The van der Waals surface area contributed by atoms with Crippen LogP contribution in [-0.4, -0.2) is 49.8 Å². The number of hydrogen-bond acceptors (Lipinski definition) is 4. The van der Waals surface area contributed by atoms with Gasteiger partial charge >= 0.3 is 0 Å². The molecule has 1 aliphatic rings. The van der Waals surface area contributed by atoms with Gasteiger partial charge in [0.15, 0.2) is 0 Å². The highest BCUT2D eigenvalue weighted by Crippen LogP contribution is 2.22. The number of carbonyl (C=O) groups is 1. The van der Waals surface area contributed by atoms with Gasteiger partial charge in [0, 0.05) is 19.6 Å². The Morgan fingerprint density at radius 1 is 0.967 bits per heavy atom. The van der Waals surface area contributed by atoms with Crippen molar-refractivity contribution < 1.29 is 17.9 Å². The molecule has 0 saturated carbocycles. The van der Waals surface area contributed by atoms with E-state index < -0.39 is 10.0 Å². The second kappa shape index (κ2) is 10.6. The fourth-order valence-electron chi connectivity index (χ4n) is 3.61. The lowest BCUT2D eigenvalue weighted by Crippen LogP contribution is -2.43. The smallest absolute Gasteiger partial charge is 0.243 e. The maximum absolute atomic E-state index is 13.4. The van der Waals surface area contributed by atoms with Crippen molar-refractivity contribution in [1.82, 2.24) is 9.21 Å². The number of nitrogens with zero attached hydrogens (tertiary/aromatic N) is 2. The Bertz CT molecular complexity index is 906. The van der Waals surface area contributed by atoms with Crippen LogP contribution in [0.4, 0.5) is 0 Å². The first-order chi connectivity index (χ1) is 14.5. The molecule has 0 bridgehead atoms. The predicted molar refractivity (Wildman–Crippen MR) is 117 cm³/mol. The molecule has 1 amide bonds. The first kappa shape index (κ1) is 22.3. The summed E-state index contributed by atoms with van der Waals surface area (Å²) in [5.74, 6) is 0.481. The minimum atomic E-state index is -3.84. The highest BCUT2D eigenvalue weighted by Gasteiger charge is 2.29. The molecule has 3 rings (SSSR count). The zero-order chi connectivity index (χ0) is 21.4. The number of hydrogen-bond donors (Lipinski definition) is 0. The third kappa shape index (κ3) is 5.83. The van der Waals surface area contributed by atoms with Gasteiger partial charge in [0.05, 0.1) is 18.0 Å². The SMILES string of the molecule is CCOc1ccc(S(=O)(=O)N(CC(=O)N2CCCCCC2)Cc2ccccc2)cc1. The Morgan fingerprint density at radius 2 is 1.60 bits per heavy atom. The van der Waals surface area contributed by atoms with E-state index in [1.54, 1.807) is 17.0 Å². The molecular formula is C23H30N2O4S. The molecule has 2 aromatic rings. The Hall–Kier alpha value is -2.38. The van der Waals surface area contributed by atoms with Gasteiger partial charge in [-0.15, -0.1) is 0 Å². The summed E-state index contributed by atoms with van der Waals surface area (Å²) in [5, 5.41) is 0. The maximum atomic E-state index is 13.4. The van der Waals surface area contributed by atoms with Gasteiger partial charge < -0.3 is 9.64 Å². The van der Waals surface area contributed by atoms with Gasteiger partial charge in [-0.25, -0.2) is 8.42 Å². The largest absolute Gasteiger partial charge is 0.494 e. The molecule has 2 aromatic carbocycles. The quantitative estimate of drug-likeness (QED) is 0.641. The zero-order valence-electron chi connectivity index (χ0n) is 17.5. The van der Waals surface area contributed by atoms with Crippen LogP contribution in [0.1, 0.15) is 38.2 Å². The first-order valence-corrected chi connectivity index (χ1v) is 12.0. The normalized spacial score (nSPS) is 15.1. The van der Waals surface area contributed by atoms with Gasteiger partial charge in [0.2, 0.25) is 15.9 Å². The third-order valence-corrected chi connectivity index (χ3v) is 7.05. The van der Waals surface area contributed by atoms with E-state index in [1.807, 2.05) is 37.3 Å². The van der Waals surface area contributed by atoms with Gasteiger partial charge in [0.25, 0.3) is 0 Å². The van der Waals surface area contributed by atoms with Crippen LogP contribution in [0.5, 0.6) is 5.75 Å². The number of rotatable bonds is 8.